The van der Waals surface area contributed by atoms with Crippen molar-refractivity contribution in [1.29, 1.82) is 0 Å². The van der Waals surface area contributed by atoms with E-state index in [0.29, 0.717) is 31.1 Å². The summed E-state index contributed by atoms with van der Waals surface area (Å²) in [6, 6.07) is 21.5. The third-order valence-electron chi connectivity index (χ3n) is 5.75. The van der Waals surface area contributed by atoms with Gasteiger partial charge in [-0.2, -0.15) is 0 Å². The fourth-order valence-electron chi connectivity index (χ4n) is 4.12. The van der Waals surface area contributed by atoms with Gasteiger partial charge in [0.25, 0.3) is 0 Å². The minimum atomic E-state index is -0.362. The summed E-state index contributed by atoms with van der Waals surface area (Å²) >= 11 is 0. The first-order valence-electron chi connectivity index (χ1n) is 12.1. The van der Waals surface area contributed by atoms with Gasteiger partial charge in [0.15, 0.2) is 0 Å². The zero-order chi connectivity index (χ0) is 25.2. The van der Waals surface area contributed by atoms with Crippen molar-refractivity contribution in [3.63, 3.8) is 0 Å². The minimum Gasteiger partial charge on any atom is -0.465 e. The van der Waals surface area contributed by atoms with Crippen molar-refractivity contribution in [2.75, 3.05) is 26.7 Å². The van der Waals surface area contributed by atoms with Gasteiger partial charge in [-0.3, -0.25) is 9.69 Å². The van der Waals surface area contributed by atoms with Crippen molar-refractivity contribution >= 4 is 11.9 Å². The molecule has 0 aliphatic carbocycles. The first-order chi connectivity index (χ1) is 16.8. The van der Waals surface area contributed by atoms with Gasteiger partial charge in [0.05, 0.1) is 25.8 Å². The Labute approximate surface area is 208 Å². The number of methoxy groups -OCH3 is 1. The van der Waals surface area contributed by atoms with Gasteiger partial charge in [-0.25, -0.2) is 4.79 Å². The number of nitrogens with zero attached hydrogens (tertiary/aromatic N) is 2. The van der Waals surface area contributed by atoms with Crippen LogP contribution < -0.4 is 0 Å². The highest BCUT2D eigenvalue weighted by molar-refractivity contribution is 5.89. The Morgan fingerprint density at radius 1 is 0.943 bits per heavy atom. The molecular weight excluding hydrogens is 440 g/mol. The van der Waals surface area contributed by atoms with E-state index < -0.39 is 0 Å². The number of benzene rings is 2. The van der Waals surface area contributed by atoms with Crippen LogP contribution in [0.1, 0.15) is 46.9 Å². The third kappa shape index (κ3) is 8.41. The van der Waals surface area contributed by atoms with E-state index in [-0.39, 0.29) is 18.4 Å². The number of esters is 1. The summed E-state index contributed by atoms with van der Waals surface area (Å²) in [5.74, 6) is 1.70. The standard InChI is InChI=1S/C29H36N2O4/c1-22(2)18-30(19-25-11-8-12-26(17-25)29(33)34-4)21-28(32)31(20-27-14-13-23(3)35-27)16-15-24-9-6-5-7-10-24/h5-14,17,22H,15-16,18-21H2,1-4H3. The summed E-state index contributed by atoms with van der Waals surface area (Å²) in [7, 11) is 1.38. The molecular formula is C29H36N2O4. The Hall–Kier alpha value is -3.38. The summed E-state index contributed by atoms with van der Waals surface area (Å²) in [5.41, 5.74) is 2.68. The second kappa shape index (κ2) is 12.9. The highest BCUT2D eigenvalue weighted by Gasteiger charge is 2.20. The predicted octanol–water partition coefficient (Wildman–Crippen LogP) is 5.10. The van der Waals surface area contributed by atoms with Gasteiger partial charge in [-0.05, 0) is 54.7 Å². The van der Waals surface area contributed by atoms with E-state index in [1.165, 1.54) is 12.7 Å². The highest BCUT2D eigenvalue weighted by atomic mass is 16.5. The molecule has 186 valence electrons. The van der Waals surface area contributed by atoms with Gasteiger partial charge < -0.3 is 14.1 Å². The maximum Gasteiger partial charge on any atom is 0.337 e. The van der Waals surface area contributed by atoms with Crippen LogP contribution in [-0.4, -0.2) is 48.4 Å². The molecule has 2 aromatic carbocycles. The summed E-state index contributed by atoms with van der Waals surface area (Å²) < 4.78 is 10.6. The Kier molecular flexibility index (Phi) is 9.67. The van der Waals surface area contributed by atoms with Gasteiger partial charge in [0.2, 0.25) is 5.91 Å². The van der Waals surface area contributed by atoms with Crippen LogP contribution in [0.3, 0.4) is 0 Å². The van der Waals surface area contributed by atoms with Crippen LogP contribution in [0.25, 0.3) is 0 Å². The van der Waals surface area contributed by atoms with Crippen molar-refractivity contribution in [2.45, 2.75) is 40.3 Å². The number of carbonyl (C=O) groups is 2. The van der Waals surface area contributed by atoms with Crippen molar-refractivity contribution in [3.8, 4) is 0 Å². The summed E-state index contributed by atoms with van der Waals surface area (Å²) in [6.45, 7) is 8.86. The van der Waals surface area contributed by atoms with Crippen LogP contribution in [0, 0.1) is 12.8 Å². The van der Waals surface area contributed by atoms with E-state index in [1.54, 1.807) is 6.07 Å². The van der Waals surface area contributed by atoms with E-state index in [2.05, 4.69) is 30.9 Å². The average Bonchev–Trinajstić information content (AvgIpc) is 3.26. The topological polar surface area (TPSA) is 63.0 Å². The van der Waals surface area contributed by atoms with Crippen LogP contribution in [-0.2, 0) is 29.0 Å². The first-order valence-corrected chi connectivity index (χ1v) is 12.1. The van der Waals surface area contributed by atoms with Crippen molar-refractivity contribution in [3.05, 3.63) is 94.9 Å². The summed E-state index contributed by atoms with van der Waals surface area (Å²) in [5, 5.41) is 0. The molecule has 0 saturated carbocycles. The second-order valence-electron chi connectivity index (χ2n) is 9.32. The predicted molar refractivity (Wildman–Crippen MR) is 137 cm³/mol. The molecule has 0 fully saturated rings. The van der Waals surface area contributed by atoms with Gasteiger partial charge in [0.1, 0.15) is 11.5 Å². The quantitative estimate of drug-likeness (QED) is 0.340. The fraction of sp³-hybridized carbons (Fsp3) is 0.379. The smallest absolute Gasteiger partial charge is 0.337 e. The van der Waals surface area contributed by atoms with Gasteiger partial charge in [-0.15, -0.1) is 0 Å². The zero-order valence-electron chi connectivity index (χ0n) is 21.2. The molecule has 1 amide bonds. The van der Waals surface area contributed by atoms with Crippen LogP contribution in [0.5, 0.6) is 0 Å². The second-order valence-corrected chi connectivity index (χ2v) is 9.32. The lowest BCUT2D eigenvalue weighted by Crippen LogP contribution is -2.41. The average molecular weight is 477 g/mol. The molecule has 35 heavy (non-hydrogen) atoms. The van der Waals surface area contributed by atoms with E-state index in [0.717, 1.165) is 30.0 Å². The first kappa shape index (κ1) is 26.2. The molecule has 0 spiro atoms. The van der Waals surface area contributed by atoms with Crippen LogP contribution in [0.4, 0.5) is 0 Å². The lowest BCUT2D eigenvalue weighted by molar-refractivity contribution is -0.133. The molecule has 0 atom stereocenters. The molecule has 0 N–H and O–H groups in total. The Balaban J connectivity index is 1.74. The maximum absolute atomic E-state index is 13.5. The zero-order valence-corrected chi connectivity index (χ0v) is 21.2. The Morgan fingerprint density at radius 3 is 2.34 bits per heavy atom. The molecule has 3 rings (SSSR count). The molecule has 0 aliphatic heterocycles. The molecule has 0 saturated heterocycles. The van der Waals surface area contributed by atoms with E-state index >= 15 is 0 Å². The number of hydrogen-bond acceptors (Lipinski definition) is 5. The fourth-order valence-corrected chi connectivity index (χ4v) is 4.12. The molecule has 0 radical (unpaired) electrons. The van der Waals surface area contributed by atoms with Crippen LogP contribution >= 0.6 is 0 Å². The highest BCUT2D eigenvalue weighted by Crippen LogP contribution is 2.15. The van der Waals surface area contributed by atoms with Gasteiger partial charge in [-0.1, -0.05) is 56.3 Å². The van der Waals surface area contributed by atoms with Crippen molar-refractivity contribution in [1.82, 2.24) is 9.80 Å². The minimum absolute atomic E-state index is 0.0553. The molecule has 1 aromatic heterocycles. The van der Waals surface area contributed by atoms with Crippen LogP contribution in [0.15, 0.2) is 71.1 Å². The number of carbonyl (C=O) groups excluding carboxylic acids is 2. The molecule has 0 aliphatic rings. The largest absolute Gasteiger partial charge is 0.465 e. The SMILES string of the molecule is COC(=O)c1cccc(CN(CC(=O)N(CCc2ccccc2)Cc2ccc(C)o2)CC(C)C)c1. The van der Waals surface area contributed by atoms with Gasteiger partial charge >= 0.3 is 5.97 Å². The van der Waals surface area contributed by atoms with E-state index in [4.69, 9.17) is 9.15 Å². The Bertz CT molecular complexity index is 1090. The number of aryl methyl sites for hydroxylation is 1. The van der Waals surface area contributed by atoms with E-state index in [1.807, 2.05) is 60.4 Å². The molecule has 1 heterocycles. The Morgan fingerprint density at radius 2 is 1.69 bits per heavy atom. The number of hydrogen-bond donors (Lipinski definition) is 0. The lowest BCUT2D eigenvalue weighted by Gasteiger charge is -2.28. The normalized spacial score (nSPS) is 11.1. The summed E-state index contributed by atoms with van der Waals surface area (Å²) in [4.78, 5) is 29.5. The molecule has 3 aromatic rings. The molecule has 6 heteroatoms. The van der Waals surface area contributed by atoms with E-state index in [9.17, 15) is 9.59 Å². The lowest BCUT2D eigenvalue weighted by atomic mass is 10.1. The summed E-state index contributed by atoms with van der Waals surface area (Å²) in [6.07, 6.45) is 0.775. The number of ether oxygens (including phenoxy) is 1. The van der Waals surface area contributed by atoms with Crippen molar-refractivity contribution < 1.29 is 18.7 Å². The van der Waals surface area contributed by atoms with Crippen molar-refractivity contribution in [2.24, 2.45) is 5.92 Å². The monoisotopic (exact) mass is 476 g/mol. The molecule has 0 bridgehead atoms. The maximum atomic E-state index is 13.5. The van der Waals surface area contributed by atoms with Gasteiger partial charge in [0, 0.05) is 19.6 Å². The van der Waals surface area contributed by atoms with Crippen LogP contribution in [0.2, 0.25) is 0 Å². The number of furan rings is 1. The molecule has 6 nitrogen and oxygen atoms in total. The molecule has 0 unspecified atom stereocenters. The number of rotatable bonds is 12. The number of amides is 1. The third-order valence-corrected chi connectivity index (χ3v) is 5.75.